The molecule has 0 atom stereocenters. The molecule has 0 amide bonds. The zero-order valence-electron chi connectivity index (χ0n) is 18.7. The van der Waals surface area contributed by atoms with Crippen LogP contribution in [0.1, 0.15) is 44.4 Å². The second kappa shape index (κ2) is 6.59. The average molecular weight is 451 g/mol. The summed E-state index contributed by atoms with van der Waals surface area (Å²) in [6.07, 6.45) is 0. The van der Waals surface area contributed by atoms with Crippen molar-refractivity contribution in [3.8, 4) is 0 Å². The van der Waals surface area contributed by atoms with Crippen LogP contribution in [0, 0.1) is 6.92 Å². The van der Waals surface area contributed by atoms with Crippen molar-refractivity contribution < 1.29 is 0 Å². The monoisotopic (exact) mass is 452 g/mol. The van der Waals surface area contributed by atoms with Crippen molar-refractivity contribution in [2.24, 2.45) is 0 Å². The Morgan fingerprint density at radius 2 is 1.10 bits per heavy atom. The molecule has 0 saturated carbocycles. The van der Waals surface area contributed by atoms with Gasteiger partial charge in [0.05, 0.1) is 0 Å². The van der Waals surface area contributed by atoms with E-state index in [0.717, 1.165) is 0 Å². The molecular formula is C29H30Ge. The second-order valence-corrected chi connectivity index (χ2v) is 20.8. The standard InChI is InChI=1S/C29H30Ge/c1-21-19-22-13-12-18-25-27(22)26(20-21)29(4,5)30(28(25,2)3,23-14-8-6-9-15-23)24-16-10-7-11-17-24/h6-20H,1-5H3. The predicted molar refractivity (Wildman–Crippen MR) is 133 cm³/mol. The molecule has 0 spiro atoms. The summed E-state index contributed by atoms with van der Waals surface area (Å²) < 4.78 is 3.30. The summed E-state index contributed by atoms with van der Waals surface area (Å²) in [5, 5.41) is 2.88. The van der Waals surface area contributed by atoms with Crippen molar-refractivity contribution >= 4 is 32.8 Å². The van der Waals surface area contributed by atoms with Crippen LogP contribution >= 0.6 is 0 Å². The molecule has 0 N–H and O–H groups in total. The summed E-state index contributed by atoms with van der Waals surface area (Å²) in [4.78, 5) is 0. The second-order valence-electron chi connectivity index (χ2n) is 9.95. The maximum atomic E-state index is 2.54. The molecule has 30 heavy (non-hydrogen) atoms. The van der Waals surface area contributed by atoms with E-state index in [1.165, 1.54) is 21.9 Å². The van der Waals surface area contributed by atoms with E-state index >= 15 is 0 Å². The van der Waals surface area contributed by atoms with Gasteiger partial charge in [0.25, 0.3) is 0 Å². The Kier molecular flexibility index (Phi) is 4.31. The van der Waals surface area contributed by atoms with E-state index in [-0.39, 0.29) is 8.49 Å². The van der Waals surface area contributed by atoms with Gasteiger partial charge in [-0.15, -0.1) is 0 Å². The van der Waals surface area contributed by atoms with Crippen LogP contribution in [-0.2, 0) is 8.49 Å². The Bertz CT molecular complexity index is 1190. The molecular weight excluding hydrogens is 421 g/mol. The van der Waals surface area contributed by atoms with Crippen LogP contribution in [-0.4, -0.2) is 13.3 Å². The van der Waals surface area contributed by atoms with Gasteiger partial charge in [0.1, 0.15) is 0 Å². The van der Waals surface area contributed by atoms with Crippen molar-refractivity contribution in [3.63, 3.8) is 0 Å². The fraction of sp³-hybridized carbons (Fsp3) is 0.241. The molecule has 0 unspecified atom stereocenters. The van der Waals surface area contributed by atoms with Crippen LogP contribution in [0.25, 0.3) is 10.8 Å². The Balaban J connectivity index is 2.03. The van der Waals surface area contributed by atoms with Gasteiger partial charge >= 0.3 is 184 Å². The van der Waals surface area contributed by atoms with Gasteiger partial charge in [0, 0.05) is 0 Å². The fourth-order valence-electron chi connectivity index (χ4n) is 6.76. The van der Waals surface area contributed by atoms with E-state index in [0.29, 0.717) is 0 Å². The first-order valence-corrected chi connectivity index (χ1v) is 15.2. The van der Waals surface area contributed by atoms with Crippen molar-refractivity contribution in [1.29, 1.82) is 0 Å². The van der Waals surface area contributed by atoms with Crippen LogP contribution in [0.15, 0.2) is 91.0 Å². The van der Waals surface area contributed by atoms with Gasteiger partial charge in [0.2, 0.25) is 0 Å². The van der Waals surface area contributed by atoms with Crippen LogP contribution < -0.4 is 8.79 Å². The molecule has 1 heterocycles. The maximum absolute atomic E-state index is 3.08. The third-order valence-corrected chi connectivity index (χ3v) is 21.8. The first kappa shape index (κ1) is 19.6. The zero-order valence-corrected chi connectivity index (χ0v) is 20.8. The number of hydrogen-bond acceptors (Lipinski definition) is 0. The first-order valence-electron chi connectivity index (χ1n) is 11.0. The van der Waals surface area contributed by atoms with Gasteiger partial charge in [-0.05, 0) is 0 Å². The average Bonchev–Trinajstić information content (AvgIpc) is 2.73. The quantitative estimate of drug-likeness (QED) is 0.325. The normalized spacial score (nSPS) is 18.3. The third kappa shape index (κ3) is 2.35. The molecule has 0 aliphatic carbocycles. The number of hydrogen-bond donors (Lipinski definition) is 0. The van der Waals surface area contributed by atoms with E-state index in [4.69, 9.17) is 0 Å². The summed E-state index contributed by atoms with van der Waals surface area (Å²) in [6.45, 7) is 12.4. The summed E-state index contributed by atoms with van der Waals surface area (Å²) >= 11 is -3.08. The van der Waals surface area contributed by atoms with Crippen LogP contribution in [0.5, 0.6) is 0 Å². The first-order chi connectivity index (χ1) is 14.3. The molecule has 4 aromatic rings. The van der Waals surface area contributed by atoms with E-state index in [1.807, 2.05) is 0 Å². The van der Waals surface area contributed by atoms with Gasteiger partial charge in [-0.25, -0.2) is 0 Å². The molecule has 1 aliphatic rings. The topological polar surface area (TPSA) is 0 Å². The zero-order chi connectivity index (χ0) is 21.1. The van der Waals surface area contributed by atoms with Gasteiger partial charge in [-0.3, -0.25) is 0 Å². The van der Waals surface area contributed by atoms with E-state index in [9.17, 15) is 0 Å². The number of aryl methyl sites for hydroxylation is 1. The predicted octanol–water partition coefficient (Wildman–Crippen LogP) is 6.06. The van der Waals surface area contributed by atoms with Gasteiger partial charge in [0.15, 0.2) is 0 Å². The molecule has 0 saturated heterocycles. The van der Waals surface area contributed by atoms with Gasteiger partial charge in [-0.1, -0.05) is 0 Å². The third-order valence-electron chi connectivity index (χ3n) is 7.76. The van der Waals surface area contributed by atoms with Crippen molar-refractivity contribution in [2.75, 3.05) is 0 Å². The van der Waals surface area contributed by atoms with Crippen LogP contribution in [0.4, 0.5) is 0 Å². The Labute approximate surface area is 183 Å². The molecule has 0 bridgehead atoms. The molecule has 0 radical (unpaired) electrons. The number of benzene rings is 4. The minimum absolute atomic E-state index is 0.0742. The van der Waals surface area contributed by atoms with E-state index < -0.39 is 13.3 Å². The fourth-order valence-corrected chi connectivity index (χ4v) is 22.2. The van der Waals surface area contributed by atoms with Crippen molar-refractivity contribution in [3.05, 3.63) is 108 Å². The SMILES string of the molecule is Cc1cc2c3c(cccc3c1)[C](C)(C)[Ge]([c]1ccccc1)([c]1ccccc1)[C]2(C)C. The molecule has 5 rings (SSSR count). The summed E-state index contributed by atoms with van der Waals surface area (Å²) in [6, 6.07) is 34.7. The number of rotatable bonds is 2. The van der Waals surface area contributed by atoms with Crippen LogP contribution in [0.3, 0.4) is 0 Å². The molecule has 4 aromatic carbocycles. The Morgan fingerprint density at radius 3 is 1.67 bits per heavy atom. The van der Waals surface area contributed by atoms with E-state index in [2.05, 4.69) is 126 Å². The minimum atomic E-state index is -3.08. The van der Waals surface area contributed by atoms with E-state index in [1.54, 1.807) is 14.4 Å². The van der Waals surface area contributed by atoms with Crippen molar-refractivity contribution in [1.82, 2.24) is 0 Å². The summed E-state index contributed by atoms with van der Waals surface area (Å²) in [7, 11) is 0. The van der Waals surface area contributed by atoms with Crippen molar-refractivity contribution in [2.45, 2.75) is 43.1 Å². The molecule has 150 valence electrons. The van der Waals surface area contributed by atoms with Crippen LogP contribution in [0.2, 0.25) is 0 Å². The molecule has 1 heteroatoms. The molecule has 0 aromatic heterocycles. The van der Waals surface area contributed by atoms with Gasteiger partial charge in [-0.2, -0.15) is 0 Å². The Hall–Kier alpha value is -2.32. The molecule has 1 aliphatic heterocycles. The molecule has 0 nitrogen and oxygen atoms in total. The molecule has 0 fully saturated rings. The van der Waals surface area contributed by atoms with Gasteiger partial charge < -0.3 is 0 Å². The Morgan fingerprint density at radius 1 is 0.567 bits per heavy atom. The summed E-state index contributed by atoms with van der Waals surface area (Å²) in [5.41, 5.74) is 4.43. The summed E-state index contributed by atoms with van der Waals surface area (Å²) in [5.74, 6) is 0.